The number of hydrogen-bond acceptors (Lipinski definition) is 7. The number of methoxy groups -OCH3 is 1. The number of nitrogens with one attached hydrogen (secondary N) is 2. The summed E-state index contributed by atoms with van der Waals surface area (Å²) in [5.41, 5.74) is 2.35. The van der Waals surface area contributed by atoms with Crippen LogP contribution in [-0.2, 0) is 23.9 Å². The molecule has 2 aromatic rings. The van der Waals surface area contributed by atoms with Gasteiger partial charge in [0.25, 0.3) is 5.91 Å². The Balaban J connectivity index is 1.82. The Kier molecular flexibility index (Phi) is 7.50. The van der Waals surface area contributed by atoms with Crippen LogP contribution in [-0.4, -0.2) is 60.8 Å². The number of pyridine rings is 1. The van der Waals surface area contributed by atoms with E-state index < -0.39 is 35.9 Å². The van der Waals surface area contributed by atoms with E-state index in [1.165, 1.54) is 18.9 Å². The van der Waals surface area contributed by atoms with Gasteiger partial charge in [0, 0.05) is 25.2 Å². The third kappa shape index (κ3) is 5.59. The molecule has 2 N–H and O–H groups in total. The molecule has 1 unspecified atom stereocenters. The van der Waals surface area contributed by atoms with E-state index in [0.717, 1.165) is 0 Å². The molecule has 0 spiro atoms. The first kappa shape index (κ1) is 23.6. The summed E-state index contributed by atoms with van der Waals surface area (Å²) in [4.78, 5) is 59.4. The van der Waals surface area contributed by atoms with Crippen molar-refractivity contribution in [3.63, 3.8) is 0 Å². The van der Waals surface area contributed by atoms with Crippen LogP contribution in [0.4, 0.5) is 5.69 Å². The molecule has 3 rings (SSSR count). The number of carbonyl (C=O) groups is 4. The summed E-state index contributed by atoms with van der Waals surface area (Å²) in [5, 5.41) is 5.11. The van der Waals surface area contributed by atoms with Crippen LogP contribution in [0.25, 0.3) is 0 Å². The maximum Gasteiger partial charge on any atom is 0.306 e. The molecule has 0 saturated carbocycles. The van der Waals surface area contributed by atoms with E-state index in [2.05, 4.69) is 25.3 Å². The van der Waals surface area contributed by atoms with Crippen LogP contribution in [0.5, 0.6) is 0 Å². The number of benzodiazepines with no additional fused rings is 1. The number of ether oxygens (including phenoxy) is 1. The second kappa shape index (κ2) is 10.5. The highest BCUT2D eigenvalue weighted by Crippen LogP contribution is 2.26. The minimum absolute atomic E-state index is 0.0986. The lowest BCUT2D eigenvalue weighted by Gasteiger charge is -2.22. The smallest absolute Gasteiger partial charge is 0.306 e. The Morgan fingerprint density at radius 2 is 1.85 bits per heavy atom. The number of amides is 3. The fourth-order valence-electron chi connectivity index (χ4n) is 3.28. The molecule has 1 aliphatic rings. The van der Waals surface area contributed by atoms with Crippen LogP contribution < -0.4 is 15.5 Å². The lowest BCUT2D eigenvalue weighted by Crippen LogP contribution is -2.52. The van der Waals surface area contributed by atoms with E-state index in [0.29, 0.717) is 22.7 Å². The van der Waals surface area contributed by atoms with Crippen molar-refractivity contribution < 1.29 is 23.9 Å². The third-order valence-corrected chi connectivity index (χ3v) is 5.08. The quantitative estimate of drug-likeness (QED) is 0.599. The standard InChI is InChI=1S/C23H25N5O5/c1-14(25-18(29)11-12-19(30)33-3)22(31)27-21-23(32)28(2)17-10-5-4-8-15(17)20(26-21)16-9-6-7-13-24-16/h4-10,13-14,21H,11-12H2,1-3H3,(H,25,29)(H,27,31)/t14-,21?/m0/s1. The first-order valence-corrected chi connectivity index (χ1v) is 10.3. The van der Waals surface area contributed by atoms with Gasteiger partial charge in [-0.15, -0.1) is 0 Å². The van der Waals surface area contributed by atoms with Gasteiger partial charge in [-0.3, -0.25) is 24.2 Å². The lowest BCUT2D eigenvalue weighted by molar-refractivity contribution is -0.142. The van der Waals surface area contributed by atoms with Gasteiger partial charge < -0.3 is 20.3 Å². The predicted octanol–water partition coefficient (Wildman–Crippen LogP) is 0.796. The number of benzene rings is 1. The van der Waals surface area contributed by atoms with Crippen molar-refractivity contribution in [1.82, 2.24) is 15.6 Å². The number of esters is 1. The number of nitrogens with zero attached hydrogens (tertiary/aromatic N) is 3. The van der Waals surface area contributed by atoms with Gasteiger partial charge in [0.05, 0.1) is 30.6 Å². The fourth-order valence-corrected chi connectivity index (χ4v) is 3.28. The number of hydrogen-bond donors (Lipinski definition) is 2. The van der Waals surface area contributed by atoms with Gasteiger partial charge in [0.15, 0.2) is 0 Å². The number of rotatable bonds is 7. The van der Waals surface area contributed by atoms with Gasteiger partial charge in [0.2, 0.25) is 18.0 Å². The van der Waals surface area contributed by atoms with E-state index in [1.807, 2.05) is 24.3 Å². The Hall–Kier alpha value is -4.08. The molecule has 172 valence electrons. The summed E-state index contributed by atoms with van der Waals surface area (Å²) in [6.07, 6.45) is 0.183. The number of likely N-dealkylation sites (N-methyl/N-ethyl adjacent to an activating group) is 1. The van der Waals surface area contributed by atoms with Crippen LogP contribution in [0.3, 0.4) is 0 Å². The molecule has 3 amide bonds. The van der Waals surface area contributed by atoms with E-state index in [-0.39, 0.29) is 12.8 Å². The summed E-state index contributed by atoms with van der Waals surface area (Å²) in [7, 11) is 2.84. The van der Waals surface area contributed by atoms with Crippen molar-refractivity contribution >= 4 is 35.1 Å². The molecule has 0 radical (unpaired) electrons. The molecule has 0 saturated heterocycles. The van der Waals surface area contributed by atoms with E-state index in [9.17, 15) is 19.2 Å². The van der Waals surface area contributed by atoms with Crippen molar-refractivity contribution in [2.24, 2.45) is 4.99 Å². The van der Waals surface area contributed by atoms with E-state index >= 15 is 0 Å². The summed E-state index contributed by atoms with van der Waals surface area (Å²) in [5.74, 6) is -2.04. The average Bonchev–Trinajstić information content (AvgIpc) is 2.93. The lowest BCUT2D eigenvalue weighted by atomic mass is 10.0. The Morgan fingerprint density at radius 3 is 2.55 bits per heavy atom. The topological polar surface area (TPSA) is 130 Å². The summed E-state index contributed by atoms with van der Waals surface area (Å²) < 4.78 is 4.50. The van der Waals surface area contributed by atoms with Crippen LogP contribution in [0.1, 0.15) is 31.0 Å². The average molecular weight is 451 g/mol. The highest BCUT2D eigenvalue weighted by atomic mass is 16.5. The molecule has 1 aliphatic heterocycles. The predicted molar refractivity (Wildman–Crippen MR) is 121 cm³/mol. The summed E-state index contributed by atoms with van der Waals surface area (Å²) >= 11 is 0. The molecule has 10 nitrogen and oxygen atoms in total. The molecule has 2 atom stereocenters. The van der Waals surface area contributed by atoms with Crippen molar-refractivity contribution in [3.8, 4) is 0 Å². The molecule has 0 aliphatic carbocycles. The first-order valence-electron chi connectivity index (χ1n) is 10.3. The number of aliphatic imine (C=N–C) groups is 1. The van der Waals surface area contributed by atoms with Crippen LogP contribution in [0, 0.1) is 0 Å². The zero-order valence-corrected chi connectivity index (χ0v) is 18.6. The molecule has 2 heterocycles. The van der Waals surface area contributed by atoms with Gasteiger partial charge in [-0.2, -0.15) is 0 Å². The molecule has 1 aromatic carbocycles. The SMILES string of the molecule is COC(=O)CCC(=O)N[C@@H](C)C(=O)NC1N=C(c2ccccn2)c2ccccc2N(C)C1=O. The maximum absolute atomic E-state index is 13.1. The molecular weight excluding hydrogens is 426 g/mol. The molecular formula is C23H25N5O5. The number of para-hydroxylation sites is 1. The van der Waals surface area contributed by atoms with E-state index in [1.54, 1.807) is 31.4 Å². The Morgan fingerprint density at radius 1 is 1.12 bits per heavy atom. The molecule has 1 aromatic heterocycles. The summed E-state index contributed by atoms with van der Waals surface area (Å²) in [6, 6.07) is 11.7. The first-order chi connectivity index (χ1) is 15.8. The zero-order chi connectivity index (χ0) is 24.0. The molecule has 0 bridgehead atoms. The number of carbonyl (C=O) groups excluding carboxylic acids is 4. The Labute approximate surface area is 191 Å². The fraction of sp³-hybridized carbons (Fsp3) is 0.304. The second-order valence-electron chi connectivity index (χ2n) is 7.38. The molecule has 0 fully saturated rings. The summed E-state index contributed by atoms with van der Waals surface area (Å²) in [6.45, 7) is 1.48. The van der Waals surface area contributed by atoms with Crippen LogP contribution in [0.15, 0.2) is 53.7 Å². The largest absolute Gasteiger partial charge is 0.469 e. The minimum Gasteiger partial charge on any atom is -0.469 e. The highest BCUT2D eigenvalue weighted by Gasteiger charge is 2.32. The van der Waals surface area contributed by atoms with Crippen molar-refractivity contribution in [2.45, 2.75) is 32.0 Å². The second-order valence-corrected chi connectivity index (χ2v) is 7.38. The number of anilines is 1. The zero-order valence-electron chi connectivity index (χ0n) is 18.6. The Bertz CT molecular complexity index is 1090. The van der Waals surface area contributed by atoms with Crippen molar-refractivity contribution in [3.05, 3.63) is 59.9 Å². The van der Waals surface area contributed by atoms with Gasteiger partial charge in [-0.25, -0.2) is 4.99 Å². The third-order valence-electron chi connectivity index (χ3n) is 5.08. The number of aromatic nitrogens is 1. The minimum atomic E-state index is -1.22. The molecule has 33 heavy (non-hydrogen) atoms. The normalized spacial score (nSPS) is 16.1. The van der Waals surface area contributed by atoms with Crippen LogP contribution >= 0.6 is 0 Å². The van der Waals surface area contributed by atoms with Gasteiger partial charge >= 0.3 is 5.97 Å². The van der Waals surface area contributed by atoms with Gasteiger partial charge in [-0.05, 0) is 25.1 Å². The van der Waals surface area contributed by atoms with Crippen molar-refractivity contribution in [2.75, 3.05) is 19.1 Å². The molecule has 10 heteroatoms. The van der Waals surface area contributed by atoms with Gasteiger partial charge in [0.1, 0.15) is 6.04 Å². The van der Waals surface area contributed by atoms with E-state index in [4.69, 9.17) is 0 Å². The maximum atomic E-state index is 13.1. The highest BCUT2D eigenvalue weighted by molar-refractivity contribution is 6.19. The number of fused-ring (bicyclic) bond motifs is 1. The monoisotopic (exact) mass is 451 g/mol. The van der Waals surface area contributed by atoms with Crippen molar-refractivity contribution in [1.29, 1.82) is 0 Å². The van der Waals surface area contributed by atoms with Crippen LogP contribution in [0.2, 0.25) is 0 Å². The van der Waals surface area contributed by atoms with Gasteiger partial charge in [-0.1, -0.05) is 24.3 Å².